The molecule has 0 aliphatic rings. The van der Waals surface area contributed by atoms with Gasteiger partial charge in [0.25, 0.3) is 0 Å². The van der Waals surface area contributed by atoms with Crippen molar-refractivity contribution in [3.63, 3.8) is 0 Å². The average molecular weight is 320 g/mol. The summed E-state index contributed by atoms with van der Waals surface area (Å²) in [5.41, 5.74) is -0.395. The Morgan fingerprint density at radius 3 is 2.76 bits per heavy atom. The van der Waals surface area contributed by atoms with E-state index in [-0.39, 0.29) is 5.97 Å². The zero-order valence-corrected chi connectivity index (χ0v) is 12.8. The first kappa shape index (κ1) is 14.7. The van der Waals surface area contributed by atoms with Crippen LogP contribution in [0.25, 0.3) is 0 Å². The average Bonchev–Trinajstić information content (AvgIpc) is 2.56. The second-order valence-corrected chi connectivity index (χ2v) is 6.56. The minimum absolute atomic E-state index is 0.157. The van der Waals surface area contributed by atoms with Crippen molar-refractivity contribution in [1.82, 2.24) is 5.32 Å². The molecule has 0 atom stereocenters. The maximum Gasteiger partial charge on any atom is 0.307 e. The highest BCUT2D eigenvalue weighted by Gasteiger charge is 2.15. The number of halogens is 1. The zero-order chi connectivity index (χ0) is 12.9. The van der Waals surface area contributed by atoms with E-state index in [9.17, 15) is 4.79 Å². The predicted octanol–water partition coefficient (Wildman–Crippen LogP) is 3.33. The largest absolute Gasteiger partial charge is 0.460 e. The fourth-order valence-electron chi connectivity index (χ4n) is 1.24. The van der Waals surface area contributed by atoms with Gasteiger partial charge < -0.3 is 10.1 Å². The highest BCUT2D eigenvalue weighted by molar-refractivity contribution is 9.10. The summed E-state index contributed by atoms with van der Waals surface area (Å²) >= 11 is 5.16. The molecule has 0 unspecified atom stereocenters. The molecule has 1 heterocycles. The van der Waals surface area contributed by atoms with Crippen molar-refractivity contribution in [2.75, 3.05) is 6.54 Å². The van der Waals surface area contributed by atoms with Crippen LogP contribution in [0.1, 0.15) is 32.1 Å². The number of hydrogen-bond donors (Lipinski definition) is 1. The lowest BCUT2D eigenvalue weighted by Crippen LogP contribution is -2.26. The summed E-state index contributed by atoms with van der Waals surface area (Å²) in [7, 11) is 0. The monoisotopic (exact) mass is 319 g/mol. The van der Waals surface area contributed by atoms with Gasteiger partial charge in [-0.2, -0.15) is 0 Å². The quantitative estimate of drug-likeness (QED) is 0.668. The van der Waals surface area contributed by atoms with Crippen LogP contribution in [-0.2, 0) is 16.1 Å². The summed E-state index contributed by atoms with van der Waals surface area (Å²) in [4.78, 5) is 12.7. The first-order valence-corrected chi connectivity index (χ1v) is 7.20. The van der Waals surface area contributed by atoms with Crippen LogP contribution in [0.3, 0.4) is 0 Å². The van der Waals surface area contributed by atoms with Crippen LogP contribution in [0.15, 0.2) is 15.9 Å². The highest BCUT2D eigenvalue weighted by Crippen LogP contribution is 2.22. The summed E-state index contributed by atoms with van der Waals surface area (Å²) in [6.07, 6.45) is 0.403. The molecule has 0 aliphatic heterocycles. The van der Waals surface area contributed by atoms with Crippen LogP contribution >= 0.6 is 27.3 Å². The number of hydrogen-bond acceptors (Lipinski definition) is 4. The smallest absolute Gasteiger partial charge is 0.307 e. The van der Waals surface area contributed by atoms with Crippen LogP contribution in [0.5, 0.6) is 0 Å². The van der Waals surface area contributed by atoms with Crippen LogP contribution in [0, 0.1) is 0 Å². The van der Waals surface area contributed by atoms with Crippen molar-refractivity contribution >= 4 is 33.2 Å². The standard InChI is InChI=1S/C12H18BrNO2S/c1-12(2,3)16-11(15)4-6-14-8-10-9(13)5-7-17-10/h5,7,14H,4,6,8H2,1-3H3. The molecule has 1 aromatic rings. The molecule has 17 heavy (non-hydrogen) atoms. The van der Waals surface area contributed by atoms with E-state index in [2.05, 4.69) is 21.2 Å². The third-order valence-corrected chi connectivity index (χ3v) is 3.83. The summed E-state index contributed by atoms with van der Waals surface area (Å²) < 4.78 is 6.33. The second kappa shape index (κ2) is 6.52. The van der Waals surface area contributed by atoms with Crippen molar-refractivity contribution < 1.29 is 9.53 Å². The van der Waals surface area contributed by atoms with Gasteiger partial charge in [-0.05, 0) is 48.1 Å². The van der Waals surface area contributed by atoms with E-state index in [4.69, 9.17) is 4.74 Å². The Balaban J connectivity index is 2.17. The molecule has 96 valence electrons. The van der Waals surface area contributed by atoms with Crippen LogP contribution in [-0.4, -0.2) is 18.1 Å². The first-order chi connectivity index (χ1) is 7.88. The lowest BCUT2D eigenvalue weighted by atomic mass is 10.2. The van der Waals surface area contributed by atoms with Crippen LogP contribution in [0.2, 0.25) is 0 Å². The second-order valence-electron chi connectivity index (χ2n) is 4.70. The SMILES string of the molecule is CC(C)(C)OC(=O)CCNCc1sccc1Br. The molecule has 0 bridgehead atoms. The van der Waals surface area contributed by atoms with Gasteiger partial charge in [-0.3, -0.25) is 4.79 Å². The molecule has 1 aromatic heterocycles. The fourth-order valence-corrected chi connectivity index (χ4v) is 2.70. The Morgan fingerprint density at radius 2 is 2.24 bits per heavy atom. The van der Waals surface area contributed by atoms with E-state index in [1.54, 1.807) is 11.3 Å². The number of rotatable bonds is 5. The van der Waals surface area contributed by atoms with Crippen LogP contribution < -0.4 is 5.32 Å². The molecule has 0 saturated heterocycles. The Kier molecular flexibility index (Phi) is 5.62. The van der Waals surface area contributed by atoms with Crippen molar-refractivity contribution in [2.45, 2.75) is 39.3 Å². The molecule has 0 spiro atoms. The summed E-state index contributed by atoms with van der Waals surface area (Å²) in [5, 5.41) is 5.26. The number of nitrogens with one attached hydrogen (secondary N) is 1. The first-order valence-electron chi connectivity index (χ1n) is 5.53. The van der Waals surface area contributed by atoms with Crippen molar-refractivity contribution in [3.8, 4) is 0 Å². The molecule has 1 N–H and O–H groups in total. The van der Waals surface area contributed by atoms with Gasteiger partial charge in [0, 0.05) is 22.4 Å². The number of ether oxygens (including phenoxy) is 1. The molecule has 0 aromatic carbocycles. The molecule has 0 fully saturated rings. The Labute approximate surface area is 115 Å². The molecule has 0 saturated carbocycles. The number of esters is 1. The van der Waals surface area contributed by atoms with Gasteiger partial charge in [0.15, 0.2) is 0 Å². The van der Waals surface area contributed by atoms with Gasteiger partial charge in [0.1, 0.15) is 5.60 Å². The Morgan fingerprint density at radius 1 is 1.53 bits per heavy atom. The molecular weight excluding hydrogens is 302 g/mol. The lowest BCUT2D eigenvalue weighted by molar-refractivity contribution is -0.154. The van der Waals surface area contributed by atoms with Crippen molar-refractivity contribution in [1.29, 1.82) is 0 Å². The normalized spacial score (nSPS) is 11.5. The van der Waals surface area contributed by atoms with E-state index in [1.807, 2.05) is 32.2 Å². The summed E-state index contributed by atoms with van der Waals surface area (Å²) in [6, 6.07) is 2.02. The number of thiophene rings is 1. The Hall–Kier alpha value is -0.390. The lowest BCUT2D eigenvalue weighted by Gasteiger charge is -2.19. The van der Waals surface area contributed by atoms with Crippen molar-refractivity contribution in [2.24, 2.45) is 0 Å². The van der Waals surface area contributed by atoms with E-state index in [1.165, 1.54) is 4.88 Å². The van der Waals surface area contributed by atoms with Gasteiger partial charge in [-0.1, -0.05) is 0 Å². The highest BCUT2D eigenvalue weighted by atomic mass is 79.9. The predicted molar refractivity (Wildman–Crippen MR) is 74.2 cm³/mol. The molecule has 3 nitrogen and oxygen atoms in total. The number of carbonyl (C=O) groups is 1. The Bertz CT molecular complexity index is 371. The van der Waals surface area contributed by atoms with E-state index < -0.39 is 5.60 Å². The van der Waals surface area contributed by atoms with Gasteiger partial charge >= 0.3 is 5.97 Å². The summed E-state index contributed by atoms with van der Waals surface area (Å²) in [6.45, 7) is 7.05. The van der Waals surface area contributed by atoms with Gasteiger partial charge in [-0.25, -0.2) is 0 Å². The van der Waals surface area contributed by atoms with Gasteiger partial charge in [0.05, 0.1) is 6.42 Å². The molecule has 0 amide bonds. The third-order valence-electron chi connectivity index (χ3n) is 1.90. The topological polar surface area (TPSA) is 38.3 Å². The van der Waals surface area contributed by atoms with E-state index in [0.29, 0.717) is 13.0 Å². The number of carbonyl (C=O) groups excluding carboxylic acids is 1. The fraction of sp³-hybridized carbons (Fsp3) is 0.583. The van der Waals surface area contributed by atoms with E-state index >= 15 is 0 Å². The maximum atomic E-state index is 11.4. The third kappa shape index (κ3) is 6.19. The summed E-state index contributed by atoms with van der Waals surface area (Å²) in [5.74, 6) is -0.157. The molecular formula is C12H18BrNO2S. The molecule has 0 aliphatic carbocycles. The van der Waals surface area contributed by atoms with Gasteiger partial charge in [0.2, 0.25) is 0 Å². The molecule has 5 heteroatoms. The van der Waals surface area contributed by atoms with Gasteiger partial charge in [-0.15, -0.1) is 11.3 Å². The van der Waals surface area contributed by atoms with Crippen LogP contribution in [0.4, 0.5) is 0 Å². The molecule has 1 rings (SSSR count). The van der Waals surface area contributed by atoms with E-state index in [0.717, 1.165) is 11.0 Å². The zero-order valence-electron chi connectivity index (χ0n) is 10.4. The van der Waals surface area contributed by atoms with Crippen molar-refractivity contribution in [3.05, 3.63) is 20.8 Å². The maximum absolute atomic E-state index is 11.4. The minimum atomic E-state index is -0.395. The molecule has 0 radical (unpaired) electrons. The minimum Gasteiger partial charge on any atom is -0.460 e.